The van der Waals surface area contributed by atoms with Crippen molar-refractivity contribution in [3.63, 3.8) is 0 Å². The van der Waals surface area contributed by atoms with Crippen molar-refractivity contribution in [2.75, 3.05) is 12.3 Å². The number of nitrogens with one attached hydrogen (secondary N) is 1. The third kappa shape index (κ3) is 4.82. The van der Waals surface area contributed by atoms with Gasteiger partial charge in [-0.25, -0.2) is 0 Å². The van der Waals surface area contributed by atoms with Crippen LogP contribution in [0.1, 0.15) is 15.9 Å². The summed E-state index contributed by atoms with van der Waals surface area (Å²) in [5.41, 5.74) is 0.990. The largest absolute Gasteiger partial charge is 0.351 e. The third-order valence-corrected chi connectivity index (χ3v) is 3.99. The van der Waals surface area contributed by atoms with Gasteiger partial charge in [-0.15, -0.1) is 11.8 Å². The molecule has 2 aromatic carbocycles. The Balaban J connectivity index is 1.79. The Kier molecular flexibility index (Phi) is 5.68. The average molecular weight is 317 g/mol. The van der Waals surface area contributed by atoms with E-state index in [2.05, 4.69) is 5.32 Å². The van der Waals surface area contributed by atoms with Gasteiger partial charge in [0.2, 0.25) is 0 Å². The molecule has 3 nitrogen and oxygen atoms in total. The first-order valence-electron chi connectivity index (χ1n) is 6.36. The second kappa shape index (κ2) is 7.72. The van der Waals surface area contributed by atoms with E-state index >= 15 is 0 Å². The minimum Gasteiger partial charge on any atom is -0.351 e. The number of carbonyl (C=O) groups is 1. The Bertz CT molecular complexity index is 665. The molecule has 0 radical (unpaired) electrons. The number of hydrogen-bond acceptors (Lipinski definition) is 3. The first-order chi connectivity index (χ1) is 10.2. The van der Waals surface area contributed by atoms with Crippen LogP contribution < -0.4 is 5.32 Å². The number of thioether (sulfide) groups is 1. The summed E-state index contributed by atoms with van der Waals surface area (Å²) in [6.45, 7) is 0.558. The van der Waals surface area contributed by atoms with Crippen molar-refractivity contribution in [2.45, 2.75) is 4.90 Å². The Hall–Kier alpha value is -1.96. The molecule has 21 heavy (non-hydrogen) atoms. The Morgan fingerprint density at radius 1 is 1.24 bits per heavy atom. The van der Waals surface area contributed by atoms with Gasteiger partial charge in [-0.2, -0.15) is 5.26 Å². The van der Waals surface area contributed by atoms with E-state index < -0.39 is 0 Å². The number of halogens is 1. The van der Waals surface area contributed by atoms with Gasteiger partial charge in [0.1, 0.15) is 0 Å². The van der Waals surface area contributed by atoms with Crippen LogP contribution in [0.15, 0.2) is 53.4 Å². The van der Waals surface area contributed by atoms with Crippen molar-refractivity contribution in [3.8, 4) is 6.07 Å². The minimum absolute atomic E-state index is 0.163. The molecule has 0 unspecified atom stereocenters. The SMILES string of the molecule is N#Cc1cccc(C(=O)NCCSc2ccc(Cl)cc2)c1. The first kappa shape index (κ1) is 15.4. The predicted octanol–water partition coefficient (Wildman–Crippen LogP) is 3.73. The number of carbonyl (C=O) groups excluding carboxylic acids is 1. The molecule has 0 fully saturated rings. The van der Waals surface area contributed by atoms with E-state index in [9.17, 15) is 4.79 Å². The van der Waals surface area contributed by atoms with Crippen LogP contribution in [0, 0.1) is 11.3 Å². The lowest BCUT2D eigenvalue weighted by Gasteiger charge is -2.05. The predicted molar refractivity (Wildman–Crippen MR) is 85.7 cm³/mol. The summed E-state index contributed by atoms with van der Waals surface area (Å²) < 4.78 is 0. The molecule has 5 heteroatoms. The van der Waals surface area contributed by atoms with E-state index in [0.717, 1.165) is 10.6 Å². The molecule has 0 saturated carbocycles. The van der Waals surface area contributed by atoms with Crippen LogP contribution in [0.3, 0.4) is 0 Å². The number of amides is 1. The summed E-state index contributed by atoms with van der Waals surface area (Å²) in [5.74, 6) is 0.606. The maximum absolute atomic E-state index is 11.9. The number of rotatable bonds is 5. The molecular weight excluding hydrogens is 304 g/mol. The highest BCUT2D eigenvalue weighted by molar-refractivity contribution is 7.99. The number of benzene rings is 2. The van der Waals surface area contributed by atoms with E-state index in [4.69, 9.17) is 16.9 Å². The van der Waals surface area contributed by atoms with Crippen LogP contribution >= 0.6 is 23.4 Å². The van der Waals surface area contributed by atoms with Gasteiger partial charge >= 0.3 is 0 Å². The highest BCUT2D eigenvalue weighted by atomic mass is 35.5. The smallest absolute Gasteiger partial charge is 0.251 e. The van der Waals surface area contributed by atoms with Gasteiger partial charge in [-0.1, -0.05) is 17.7 Å². The monoisotopic (exact) mass is 316 g/mol. The van der Waals surface area contributed by atoms with E-state index in [1.807, 2.05) is 30.3 Å². The van der Waals surface area contributed by atoms with E-state index in [-0.39, 0.29) is 5.91 Å². The van der Waals surface area contributed by atoms with Crippen LogP contribution in [0.5, 0.6) is 0 Å². The van der Waals surface area contributed by atoms with Gasteiger partial charge in [0.25, 0.3) is 5.91 Å². The van der Waals surface area contributed by atoms with Crippen LogP contribution in [-0.2, 0) is 0 Å². The van der Waals surface area contributed by atoms with Crippen molar-refractivity contribution in [1.29, 1.82) is 5.26 Å². The fourth-order valence-electron chi connectivity index (χ4n) is 1.70. The standard InChI is InChI=1S/C16H13ClN2OS/c17-14-4-6-15(7-5-14)21-9-8-19-16(20)13-3-1-2-12(10-13)11-18/h1-7,10H,8-9H2,(H,19,20). The van der Waals surface area contributed by atoms with Gasteiger partial charge in [-0.3, -0.25) is 4.79 Å². The summed E-state index contributed by atoms with van der Waals surface area (Å²) in [4.78, 5) is 13.0. The summed E-state index contributed by atoms with van der Waals surface area (Å²) in [7, 11) is 0. The second-order valence-corrected chi connectivity index (χ2v) is 5.86. The van der Waals surface area contributed by atoms with Crippen molar-refractivity contribution >= 4 is 29.3 Å². The molecule has 2 rings (SSSR count). The molecule has 0 atom stereocenters. The lowest BCUT2D eigenvalue weighted by Crippen LogP contribution is -2.25. The summed E-state index contributed by atoms with van der Waals surface area (Å²) in [6.07, 6.45) is 0. The van der Waals surface area contributed by atoms with Crippen molar-refractivity contribution < 1.29 is 4.79 Å². The normalized spacial score (nSPS) is 9.90. The molecule has 0 aliphatic rings. The Morgan fingerprint density at radius 3 is 2.71 bits per heavy atom. The quantitative estimate of drug-likeness (QED) is 0.675. The molecule has 1 amide bonds. The minimum atomic E-state index is -0.163. The fourth-order valence-corrected chi connectivity index (χ4v) is 2.59. The molecule has 0 bridgehead atoms. The molecule has 2 aromatic rings. The van der Waals surface area contributed by atoms with Crippen LogP contribution in [0.4, 0.5) is 0 Å². The Labute approximate surface area is 132 Å². The lowest BCUT2D eigenvalue weighted by molar-refractivity contribution is 0.0956. The number of hydrogen-bond donors (Lipinski definition) is 1. The zero-order valence-electron chi connectivity index (χ0n) is 11.2. The highest BCUT2D eigenvalue weighted by Gasteiger charge is 2.05. The second-order valence-electron chi connectivity index (χ2n) is 4.25. The molecule has 1 N–H and O–H groups in total. The van der Waals surface area contributed by atoms with Gasteiger partial charge < -0.3 is 5.32 Å². The third-order valence-electron chi connectivity index (χ3n) is 2.72. The first-order valence-corrected chi connectivity index (χ1v) is 7.72. The molecule has 0 aliphatic carbocycles. The summed E-state index contributed by atoms with van der Waals surface area (Å²) in [5, 5.41) is 12.4. The molecule has 0 saturated heterocycles. The maximum atomic E-state index is 11.9. The highest BCUT2D eigenvalue weighted by Crippen LogP contribution is 2.19. The van der Waals surface area contributed by atoms with Crippen molar-refractivity contribution in [2.24, 2.45) is 0 Å². The topological polar surface area (TPSA) is 52.9 Å². The number of nitriles is 1. The molecule has 0 spiro atoms. The molecule has 0 aliphatic heterocycles. The Morgan fingerprint density at radius 2 is 2.00 bits per heavy atom. The average Bonchev–Trinajstić information content (AvgIpc) is 2.53. The van der Waals surface area contributed by atoms with Gasteiger partial charge in [0, 0.05) is 27.8 Å². The summed E-state index contributed by atoms with van der Waals surface area (Å²) in [6, 6.07) is 16.3. The van der Waals surface area contributed by atoms with Gasteiger partial charge in [0.15, 0.2) is 0 Å². The molecule has 0 aromatic heterocycles. The maximum Gasteiger partial charge on any atom is 0.251 e. The van der Waals surface area contributed by atoms with E-state index in [1.54, 1.807) is 36.0 Å². The lowest BCUT2D eigenvalue weighted by atomic mass is 10.1. The van der Waals surface area contributed by atoms with Crippen molar-refractivity contribution in [1.82, 2.24) is 5.32 Å². The summed E-state index contributed by atoms with van der Waals surface area (Å²) >= 11 is 7.47. The number of nitrogens with zero attached hydrogens (tertiary/aromatic N) is 1. The van der Waals surface area contributed by atoms with Gasteiger partial charge in [0.05, 0.1) is 11.6 Å². The van der Waals surface area contributed by atoms with E-state index in [1.165, 1.54) is 0 Å². The molecule has 106 valence electrons. The van der Waals surface area contributed by atoms with Crippen LogP contribution in [0.2, 0.25) is 5.02 Å². The zero-order chi connectivity index (χ0) is 15.1. The van der Waals surface area contributed by atoms with Crippen molar-refractivity contribution in [3.05, 3.63) is 64.7 Å². The van der Waals surface area contributed by atoms with Crippen LogP contribution in [-0.4, -0.2) is 18.2 Å². The molecular formula is C16H13ClN2OS. The molecule has 0 heterocycles. The zero-order valence-corrected chi connectivity index (χ0v) is 12.7. The van der Waals surface area contributed by atoms with E-state index in [0.29, 0.717) is 22.7 Å². The fraction of sp³-hybridized carbons (Fsp3) is 0.125. The van der Waals surface area contributed by atoms with Gasteiger partial charge in [-0.05, 0) is 42.5 Å². The van der Waals surface area contributed by atoms with Crippen LogP contribution in [0.25, 0.3) is 0 Å².